The number of hydrogen-bond donors (Lipinski definition) is 1. The van der Waals surface area contributed by atoms with E-state index in [1.807, 2.05) is 18.2 Å². The monoisotopic (exact) mass is 431 g/mol. The van der Waals surface area contributed by atoms with E-state index >= 15 is 0 Å². The molecule has 0 saturated carbocycles. The Kier molecular flexibility index (Phi) is 5.53. The molecule has 4 heterocycles. The van der Waals surface area contributed by atoms with Crippen LogP contribution in [0.5, 0.6) is 0 Å². The summed E-state index contributed by atoms with van der Waals surface area (Å²) in [6.07, 6.45) is 3.88. The molecule has 1 aromatic carbocycles. The first-order chi connectivity index (χ1) is 15.6. The van der Waals surface area contributed by atoms with Crippen LogP contribution in [0.3, 0.4) is 0 Å². The summed E-state index contributed by atoms with van der Waals surface area (Å²) in [4.78, 5) is 14.1. The number of nitrogen functional groups attached to an aromatic ring is 1. The van der Waals surface area contributed by atoms with Gasteiger partial charge in [0, 0.05) is 31.2 Å². The quantitative estimate of drug-likeness (QED) is 0.500. The lowest BCUT2D eigenvalue weighted by Gasteiger charge is -2.45. The van der Waals surface area contributed by atoms with Gasteiger partial charge >= 0.3 is 0 Å². The molecule has 0 amide bonds. The number of hydrogen-bond acceptors (Lipinski definition) is 7. The molecule has 3 aromatic heterocycles. The Morgan fingerprint density at radius 3 is 2.53 bits per heavy atom. The maximum Gasteiger partial charge on any atom is 0.225 e. The van der Waals surface area contributed by atoms with E-state index in [1.54, 1.807) is 10.8 Å². The average molecular weight is 432 g/mol. The van der Waals surface area contributed by atoms with E-state index in [-0.39, 0.29) is 0 Å². The Bertz CT molecular complexity index is 1160. The molecule has 0 aliphatic carbocycles. The first-order valence-corrected chi connectivity index (χ1v) is 11.2. The minimum Gasteiger partial charge on any atom is -0.461 e. The Hall–Kier alpha value is -3.39. The lowest BCUT2D eigenvalue weighted by atomic mass is 10.1. The number of aromatic nitrogens is 4. The highest BCUT2D eigenvalue weighted by Crippen LogP contribution is 2.25. The van der Waals surface area contributed by atoms with Gasteiger partial charge in [-0.3, -0.25) is 4.90 Å². The Morgan fingerprint density at radius 2 is 1.81 bits per heavy atom. The minimum absolute atomic E-state index is 0.327. The van der Waals surface area contributed by atoms with Crippen molar-refractivity contribution in [2.24, 2.45) is 0 Å². The highest BCUT2D eigenvalue weighted by molar-refractivity contribution is 5.59. The molecule has 1 fully saturated rings. The number of aryl methyl sites for hydroxylation is 1. The molecule has 1 saturated heterocycles. The van der Waals surface area contributed by atoms with Crippen molar-refractivity contribution in [1.29, 1.82) is 0 Å². The van der Waals surface area contributed by atoms with E-state index in [1.165, 1.54) is 5.56 Å². The fraction of sp³-hybridized carbons (Fsp3) is 0.375. The molecule has 5 rings (SSSR count). The van der Waals surface area contributed by atoms with Crippen molar-refractivity contribution in [3.63, 3.8) is 0 Å². The predicted octanol–water partition coefficient (Wildman–Crippen LogP) is 3.50. The molecule has 32 heavy (non-hydrogen) atoms. The van der Waals surface area contributed by atoms with E-state index in [9.17, 15) is 0 Å². The third kappa shape index (κ3) is 4.05. The number of rotatable bonds is 6. The number of furan rings is 1. The van der Waals surface area contributed by atoms with Crippen molar-refractivity contribution in [3.05, 3.63) is 60.4 Å². The average Bonchev–Trinajstić information content (AvgIpc) is 3.46. The van der Waals surface area contributed by atoms with Gasteiger partial charge in [0.25, 0.3) is 0 Å². The normalized spacial score (nSPS) is 19.6. The predicted molar refractivity (Wildman–Crippen MR) is 126 cm³/mol. The number of benzene rings is 1. The van der Waals surface area contributed by atoms with Crippen molar-refractivity contribution >= 4 is 17.4 Å². The highest BCUT2D eigenvalue weighted by Gasteiger charge is 2.30. The largest absolute Gasteiger partial charge is 0.461 e. The van der Waals surface area contributed by atoms with Gasteiger partial charge in [-0.05, 0) is 50.9 Å². The maximum atomic E-state index is 6.23. The topological polar surface area (TPSA) is 88.7 Å². The van der Waals surface area contributed by atoms with E-state index < -0.39 is 0 Å². The van der Waals surface area contributed by atoms with Crippen LogP contribution < -0.4 is 10.6 Å². The fourth-order valence-corrected chi connectivity index (χ4v) is 4.67. The highest BCUT2D eigenvalue weighted by atomic mass is 16.3. The number of nitrogens with zero attached hydrogens (tertiary/aromatic N) is 6. The van der Waals surface area contributed by atoms with Crippen LogP contribution in [-0.4, -0.2) is 56.2 Å². The van der Waals surface area contributed by atoms with Crippen molar-refractivity contribution < 1.29 is 4.42 Å². The van der Waals surface area contributed by atoms with Crippen molar-refractivity contribution in [2.45, 2.75) is 38.8 Å². The van der Waals surface area contributed by atoms with Crippen LogP contribution in [0.1, 0.15) is 25.8 Å². The number of nitrogens with two attached hydrogens (primary N) is 1. The summed E-state index contributed by atoms with van der Waals surface area (Å²) in [6.45, 7) is 7.48. The summed E-state index contributed by atoms with van der Waals surface area (Å²) < 4.78 is 6.98. The molecule has 8 heteroatoms. The van der Waals surface area contributed by atoms with Gasteiger partial charge in [0.2, 0.25) is 11.8 Å². The molecular weight excluding hydrogens is 402 g/mol. The second kappa shape index (κ2) is 8.63. The summed E-state index contributed by atoms with van der Waals surface area (Å²) in [5.41, 5.74) is 8.30. The van der Waals surface area contributed by atoms with Gasteiger partial charge in [0.15, 0.2) is 11.4 Å². The van der Waals surface area contributed by atoms with E-state index in [0.29, 0.717) is 35.3 Å². The molecule has 0 bridgehead atoms. The zero-order chi connectivity index (χ0) is 22.1. The molecule has 4 aromatic rings. The smallest absolute Gasteiger partial charge is 0.225 e. The fourth-order valence-electron chi connectivity index (χ4n) is 4.67. The zero-order valence-electron chi connectivity index (χ0n) is 18.6. The first-order valence-electron chi connectivity index (χ1n) is 11.2. The van der Waals surface area contributed by atoms with Crippen LogP contribution in [0.4, 0.5) is 11.8 Å². The third-order valence-corrected chi connectivity index (χ3v) is 6.23. The second-order valence-electron chi connectivity index (χ2n) is 8.59. The summed E-state index contributed by atoms with van der Waals surface area (Å²) >= 11 is 0. The Morgan fingerprint density at radius 1 is 1.03 bits per heavy atom. The van der Waals surface area contributed by atoms with Crippen LogP contribution >= 0.6 is 0 Å². The van der Waals surface area contributed by atoms with Gasteiger partial charge in [0.1, 0.15) is 5.82 Å². The van der Waals surface area contributed by atoms with Crippen molar-refractivity contribution in [3.8, 4) is 11.6 Å². The van der Waals surface area contributed by atoms with E-state index in [2.05, 4.69) is 69.0 Å². The zero-order valence-corrected chi connectivity index (χ0v) is 18.6. The lowest BCUT2D eigenvalue weighted by molar-refractivity contribution is 0.130. The molecule has 0 unspecified atom stereocenters. The summed E-state index contributed by atoms with van der Waals surface area (Å²) in [5.74, 6) is 2.29. The number of piperazine rings is 1. The van der Waals surface area contributed by atoms with Crippen molar-refractivity contribution in [1.82, 2.24) is 24.5 Å². The van der Waals surface area contributed by atoms with Gasteiger partial charge in [-0.15, -0.1) is 5.10 Å². The standard InChI is InChI=1S/C24H29N7O/c1-17-15-29(16-18(2)30(17)12-6-10-19-8-4-3-5-9-19)21-14-22-26-23(20-11-7-13-32-20)28-31(22)24(25)27-21/h3-5,7-9,11,13-14,17-18H,6,10,12,15-16H2,1-2H3,(H2,25,27)/t17-,18+. The van der Waals surface area contributed by atoms with Crippen LogP contribution in [0.25, 0.3) is 17.2 Å². The number of fused-ring (bicyclic) bond motifs is 1. The van der Waals surface area contributed by atoms with Crippen LogP contribution in [0.2, 0.25) is 0 Å². The summed E-state index contributed by atoms with van der Waals surface area (Å²) in [5, 5.41) is 4.44. The summed E-state index contributed by atoms with van der Waals surface area (Å²) in [6, 6.07) is 17.2. The van der Waals surface area contributed by atoms with Crippen molar-refractivity contribution in [2.75, 3.05) is 30.3 Å². The lowest BCUT2D eigenvalue weighted by Crippen LogP contribution is -2.57. The molecule has 0 radical (unpaired) electrons. The molecular formula is C24H29N7O. The molecule has 0 spiro atoms. The van der Waals surface area contributed by atoms with Crippen LogP contribution in [-0.2, 0) is 6.42 Å². The van der Waals surface area contributed by atoms with Gasteiger partial charge in [-0.1, -0.05) is 30.3 Å². The Balaban J connectivity index is 1.28. The molecule has 2 atom stereocenters. The SMILES string of the molecule is C[C@@H]1CN(c2cc3nc(-c4ccco4)nn3c(N)n2)C[C@H](C)N1CCCc1ccccc1. The van der Waals surface area contributed by atoms with Gasteiger partial charge < -0.3 is 15.1 Å². The van der Waals surface area contributed by atoms with Crippen LogP contribution in [0, 0.1) is 0 Å². The molecule has 1 aliphatic heterocycles. The van der Waals surface area contributed by atoms with E-state index in [0.717, 1.165) is 38.3 Å². The van der Waals surface area contributed by atoms with Crippen LogP contribution in [0.15, 0.2) is 59.2 Å². The molecule has 166 valence electrons. The number of anilines is 2. The summed E-state index contributed by atoms with van der Waals surface area (Å²) in [7, 11) is 0. The molecule has 8 nitrogen and oxygen atoms in total. The maximum absolute atomic E-state index is 6.23. The van der Waals surface area contributed by atoms with Gasteiger partial charge in [-0.2, -0.15) is 9.50 Å². The minimum atomic E-state index is 0.327. The van der Waals surface area contributed by atoms with Gasteiger partial charge in [-0.25, -0.2) is 4.98 Å². The van der Waals surface area contributed by atoms with Gasteiger partial charge in [0.05, 0.1) is 6.26 Å². The second-order valence-corrected chi connectivity index (χ2v) is 8.59. The third-order valence-electron chi connectivity index (χ3n) is 6.23. The first kappa shape index (κ1) is 20.5. The molecule has 2 N–H and O–H groups in total. The van der Waals surface area contributed by atoms with E-state index in [4.69, 9.17) is 10.2 Å². The molecule has 1 aliphatic rings. The Labute approximate surface area is 187 Å².